The monoisotopic (exact) mass is 255 g/mol. The van der Waals surface area contributed by atoms with E-state index in [1.807, 2.05) is 25.2 Å². The Balaban J connectivity index is 2.55. The molecule has 74 valence electrons. The molecule has 2 amide bonds. The van der Waals surface area contributed by atoms with E-state index in [4.69, 9.17) is 5.73 Å². The largest absolute Gasteiger partial charge is 0.350 e. The minimum atomic E-state index is -0.460. The molecule has 0 saturated heterocycles. The number of benzene rings is 1. The molecular weight excluding hydrogens is 246 g/mol. The Morgan fingerprint density at radius 1 is 1.57 bits per heavy atom. The summed E-state index contributed by atoms with van der Waals surface area (Å²) in [6.45, 7) is 0.706. The van der Waals surface area contributed by atoms with Gasteiger partial charge in [-0.05, 0) is 27.6 Å². The van der Waals surface area contributed by atoms with E-state index in [9.17, 15) is 4.79 Å². The van der Waals surface area contributed by atoms with E-state index in [0.29, 0.717) is 6.54 Å². The summed E-state index contributed by atoms with van der Waals surface area (Å²) in [6.07, 6.45) is 0. The number of carbonyl (C=O) groups is 1. The van der Waals surface area contributed by atoms with Crippen LogP contribution in [0.3, 0.4) is 0 Å². The number of nitrogens with two attached hydrogens (primary N) is 1. The fourth-order valence-electron chi connectivity index (χ4n) is 1.69. The molecule has 0 aliphatic carbocycles. The first-order chi connectivity index (χ1) is 6.61. The molecule has 0 aromatic heterocycles. The van der Waals surface area contributed by atoms with E-state index >= 15 is 0 Å². The van der Waals surface area contributed by atoms with E-state index in [2.05, 4.69) is 15.9 Å². The van der Waals surface area contributed by atoms with Gasteiger partial charge in [-0.25, -0.2) is 14.8 Å². The Morgan fingerprint density at radius 2 is 2.29 bits per heavy atom. The van der Waals surface area contributed by atoms with Crippen molar-refractivity contribution < 1.29 is 4.79 Å². The van der Waals surface area contributed by atoms with Crippen LogP contribution in [0.15, 0.2) is 22.7 Å². The molecular formula is C9H10BrN3O. The molecule has 0 unspecified atom stereocenters. The van der Waals surface area contributed by atoms with Crippen LogP contribution in [0.2, 0.25) is 0 Å². The summed E-state index contributed by atoms with van der Waals surface area (Å²) in [5.41, 5.74) is 7.24. The second kappa shape index (κ2) is 3.25. The van der Waals surface area contributed by atoms with Gasteiger partial charge in [0.1, 0.15) is 0 Å². The average Bonchev–Trinajstić information content (AvgIpc) is 2.42. The molecule has 1 aliphatic heterocycles. The van der Waals surface area contributed by atoms with Crippen LogP contribution >= 0.6 is 15.9 Å². The number of urea groups is 1. The number of nitrogens with zero attached hydrogens (tertiary/aromatic N) is 2. The van der Waals surface area contributed by atoms with Crippen LogP contribution in [0, 0.1) is 0 Å². The predicted octanol–water partition coefficient (Wildman–Crippen LogP) is 1.69. The smallest absolute Gasteiger partial charge is 0.334 e. The van der Waals surface area contributed by atoms with Gasteiger partial charge in [-0.15, -0.1) is 0 Å². The minimum absolute atomic E-state index is 0.460. The zero-order chi connectivity index (χ0) is 10.3. The lowest BCUT2D eigenvalue weighted by Crippen LogP contribution is -2.43. The first-order valence-electron chi connectivity index (χ1n) is 4.19. The van der Waals surface area contributed by atoms with Gasteiger partial charge in [0.05, 0.1) is 5.69 Å². The summed E-state index contributed by atoms with van der Waals surface area (Å²) >= 11 is 3.41. The van der Waals surface area contributed by atoms with Gasteiger partial charge < -0.3 is 5.73 Å². The van der Waals surface area contributed by atoms with Crippen molar-refractivity contribution >= 4 is 27.6 Å². The van der Waals surface area contributed by atoms with Crippen molar-refractivity contribution in [3.8, 4) is 0 Å². The molecule has 0 bridgehead atoms. The van der Waals surface area contributed by atoms with E-state index in [-0.39, 0.29) is 0 Å². The third kappa shape index (κ3) is 1.29. The fraction of sp³-hybridized carbons (Fsp3) is 0.222. The molecule has 0 radical (unpaired) electrons. The minimum Gasteiger partial charge on any atom is -0.350 e. The van der Waals surface area contributed by atoms with Gasteiger partial charge in [-0.3, -0.25) is 0 Å². The number of halogens is 1. The van der Waals surface area contributed by atoms with Gasteiger partial charge >= 0.3 is 6.03 Å². The number of primary amides is 1. The first kappa shape index (κ1) is 9.48. The molecule has 0 atom stereocenters. The second-order valence-corrected chi connectivity index (χ2v) is 4.07. The normalized spacial score (nSPS) is 15.7. The SMILES string of the molecule is CN1Cc2cccc(Br)c2N1C(N)=O. The maximum Gasteiger partial charge on any atom is 0.334 e. The molecule has 1 aromatic rings. The topological polar surface area (TPSA) is 49.6 Å². The Bertz CT molecular complexity index is 394. The Kier molecular flexibility index (Phi) is 2.20. The molecule has 2 N–H and O–H groups in total. The Morgan fingerprint density at radius 3 is 2.93 bits per heavy atom. The predicted molar refractivity (Wildman–Crippen MR) is 57.7 cm³/mol. The zero-order valence-electron chi connectivity index (χ0n) is 7.70. The maximum atomic E-state index is 11.2. The van der Waals surface area contributed by atoms with Gasteiger partial charge in [0.2, 0.25) is 0 Å². The van der Waals surface area contributed by atoms with Crippen LogP contribution in [0.25, 0.3) is 0 Å². The number of hydrogen-bond donors (Lipinski definition) is 1. The quantitative estimate of drug-likeness (QED) is 0.767. The van der Waals surface area contributed by atoms with Crippen LogP contribution in [0.1, 0.15) is 5.56 Å². The Hall–Kier alpha value is -1.07. The van der Waals surface area contributed by atoms with Crippen molar-refractivity contribution in [2.75, 3.05) is 12.1 Å². The Labute approximate surface area is 90.4 Å². The molecule has 0 spiro atoms. The van der Waals surface area contributed by atoms with E-state index in [1.54, 1.807) is 5.01 Å². The summed E-state index contributed by atoms with van der Waals surface area (Å²) in [5, 5.41) is 3.26. The highest BCUT2D eigenvalue weighted by atomic mass is 79.9. The standard InChI is InChI=1S/C9H10BrN3O/c1-12-5-6-3-2-4-7(10)8(6)13(12)9(11)14/h2-4H,5H2,1H3,(H2,11,14). The van der Waals surface area contributed by atoms with Crippen LogP contribution < -0.4 is 10.7 Å². The molecule has 0 saturated carbocycles. The molecule has 4 nitrogen and oxygen atoms in total. The molecule has 0 fully saturated rings. The number of fused-ring (bicyclic) bond motifs is 1. The summed E-state index contributed by atoms with van der Waals surface area (Å²) in [4.78, 5) is 11.2. The molecule has 1 aromatic carbocycles. The number of amides is 2. The van der Waals surface area contributed by atoms with Gasteiger partial charge in [0.25, 0.3) is 0 Å². The first-order valence-corrected chi connectivity index (χ1v) is 4.98. The van der Waals surface area contributed by atoms with Crippen molar-refractivity contribution in [1.29, 1.82) is 0 Å². The fourth-order valence-corrected chi connectivity index (χ4v) is 2.27. The second-order valence-electron chi connectivity index (χ2n) is 3.21. The van der Waals surface area contributed by atoms with E-state index in [0.717, 1.165) is 15.7 Å². The van der Waals surface area contributed by atoms with Crippen LogP contribution in [0.5, 0.6) is 0 Å². The lowest BCUT2D eigenvalue weighted by Gasteiger charge is -2.22. The summed E-state index contributed by atoms with van der Waals surface area (Å²) < 4.78 is 0.887. The lowest BCUT2D eigenvalue weighted by molar-refractivity contribution is 0.234. The zero-order valence-corrected chi connectivity index (χ0v) is 9.28. The number of rotatable bonds is 0. The van der Waals surface area contributed by atoms with Crippen molar-refractivity contribution in [2.45, 2.75) is 6.54 Å². The summed E-state index contributed by atoms with van der Waals surface area (Å²) in [7, 11) is 1.83. The van der Waals surface area contributed by atoms with E-state index in [1.165, 1.54) is 5.01 Å². The van der Waals surface area contributed by atoms with Gasteiger partial charge in [0.15, 0.2) is 0 Å². The van der Waals surface area contributed by atoms with Gasteiger partial charge in [-0.2, -0.15) is 0 Å². The lowest BCUT2D eigenvalue weighted by atomic mass is 10.2. The van der Waals surface area contributed by atoms with Gasteiger partial charge in [0, 0.05) is 18.1 Å². The highest BCUT2D eigenvalue weighted by Gasteiger charge is 2.29. The highest BCUT2D eigenvalue weighted by Crippen LogP contribution is 2.36. The summed E-state index contributed by atoms with van der Waals surface area (Å²) in [6, 6.07) is 5.37. The third-order valence-corrected chi connectivity index (χ3v) is 2.87. The maximum absolute atomic E-state index is 11.2. The van der Waals surface area contributed by atoms with Crippen LogP contribution in [-0.2, 0) is 6.54 Å². The molecule has 1 aliphatic rings. The number of carbonyl (C=O) groups excluding carboxylic acids is 1. The number of anilines is 1. The third-order valence-electron chi connectivity index (χ3n) is 2.23. The van der Waals surface area contributed by atoms with Crippen molar-refractivity contribution in [3.63, 3.8) is 0 Å². The molecule has 2 rings (SSSR count). The highest BCUT2D eigenvalue weighted by molar-refractivity contribution is 9.10. The molecule has 14 heavy (non-hydrogen) atoms. The van der Waals surface area contributed by atoms with E-state index < -0.39 is 6.03 Å². The molecule has 1 heterocycles. The average molecular weight is 256 g/mol. The van der Waals surface area contributed by atoms with Crippen LogP contribution in [0.4, 0.5) is 10.5 Å². The van der Waals surface area contributed by atoms with Crippen molar-refractivity contribution in [3.05, 3.63) is 28.2 Å². The van der Waals surface area contributed by atoms with Crippen molar-refractivity contribution in [1.82, 2.24) is 5.01 Å². The number of para-hydroxylation sites is 1. The number of hydrazine groups is 1. The van der Waals surface area contributed by atoms with Crippen LogP contribution in [-0.4, -0.2) is 18.1 Å². The summed E-state index contributed by atoms with van der Waals surface area (Å²) in [5.74, 6) is 0. The van der Waals surface area contributed by atoms with Gasteiger partial charge in [-0.1, -0.05) is 12.1 Å². The molecule has 5 heteroatoms. The van der Waals surface area contributed by atoms with Crippen molar-refractivity contribution in [2.24, 2.45) is 5.73 Å². The number of hydrogen-bond acceptors (Lipinski definition) is 2.